The van der Waals surface area contributed by atoms with Crippen molar-refractivity contribution < 1.29 is 22.7 Å². The summed E-state index contributed by atoms with van der Waals surface area (Å²) in [6.07, 6.45) is -4.75. The van der Waals surface area contributed by atoms with Gasteiger partial charge < -0.3 is 10.5 Å². The zero-order chi connectivity index (χ0) is 14.8. The van der Waals surface area contributed by atoms with E-state index in [4.69, 9.17) is 5.73 Å². The Bertz CT molecular complexity index is 466. The van der Waals surface area contributed by atoms with Gasteiger partial charge in [-0.15, -0.1) is 0 Å². The van der Waals surface area contributed by atoms with E-state index in [-0.39, 0.29) is 24.9 Å². The highest BCUT2D eigenvalue weighted by Gasteiger charge is 2.41. The summed E-state index contributed by atoms with van der Waals surface area (Å²) >= 11 is 0. The van der Waals surface area contributed by atoms with Gasteiger partial charge in [0, 0.05) is 6.54 Å². The summed E-state index contributed by atoms with van der Waals surface area (Å²) in [4.78, 5) is 11.6. The smallest absolute Gasteiger partial charge is 0.436 e. The van der Waals surface area contributed by atoms with Gasteiger partial charge in [-0.1, -0.05) is 13.8 Å². The lowest BCUT2D eigenvalue weighted by molar-refractivity contribution is -0.142. The van der Waals surface area contributed by atoms with E-state index in [2.05, 4.69) is 9.84 Å². The molecule has 0 unspecified atom stereocenters. The molecule has 0 amide bonds. The standard InChI is InChI=1S/C11H16F3N3O2/c1-4-19-10(18)7-8(11(12,13)14)16-17(9(7)15)5-6(2)3/h6H,4-5,15H2,1-3H3. The maximum Gasteiger partial charge on any atom is 0.436 e. The quantitative estimate of drug-likeness (QED) is 0.859. The highest BCUT2D eigenvalue weighted by molar-refractivity contribution is 5.95. The molecule has 0 radical (unpaired) electrons. The molecule has 0 aliphatic heterocycles. The number of nitrogens with two attached hydrogens (primary N) is 1. The Balaban J connectivity index is 3.32. The molecule has 0 aromatic carbocycles. The number of ether oxygens (including phenoxy) is 1. The molecule has 1 aromatic rings. The Labute approximate surface area is 108 Å². The molecule has 8 heteroatoms. The van der Waals surface area contributed by atoms with E-state index in [0.717, 1.165) is 4.68 Å². The number of hydrogen-bond donors (Lipinski definition) is 1. The number of nitrogen functional groups attached to an aromatic ring is 1. The minimum atomic E-state index is -4.75. The number of alkyl halides is 3. The molecule has 108 valence electrons. The van der Waals surface area contributed by atoms with Crippen molar-refractivity contribution in [3.8, 4) is 0 Å². The average Bonchev–Trinajstić information content (AvgIpc) is 2.55. The molecule has 1 aromatic heterocycles. The fraction of sp³-hybridized carbons (Fsp3) is 0.636. The summed E-state index contributed by atoms with van der Waals surface area (Å²) in [7, 11) is 0. The first-order chi connectivity index (χ1) is 8.68. The summed E-state index contributed by atoms with van der Waals surface area (Å²) in [6, 6.07) is 0. The van der Waals surface area contributed by atoms with Crippen molar-refractivity contribution >= 4 is 11.8 Å². The lowest BCUT2D eigenvalue weighted by atomic mass is 10.2. The molecule has 0 fully saturated rings. The molecule has 0 saturated heterocycles. The third-order valence-corrected chi connectivity index (χ3v) is 2.28. The van der Waals surface area contributed by atoms with Crippen LogP contribution in [0.15, 0.2) is 0 Å². The van der Waals surface area contributed by atoms with E-state index >= 15 is 0 Å². The second kappa shape index (κ2) is 5.50. The summed E-state index contributed by atoms with van der Waals surface area (Å²) in [5.41, 5.74) is 3.57. The molecule has 2 N–H and O–H groups in total. The van der Waals surface area contributed by atoms with Gasteiger partial charge in [0.2, 0.25) is 0 Å². The number of halogens is 3. The van der Waals surface area contributed by atoms with Crippen LogP contribution in [0.1, 0.15) is 36.8 Å². The number of anilines is 1. The zero-order valence-corrected chi connectivity index (χ0v) is 10.9. The molecule has 1 rings (SSSR count). The minimum Gasteiger partial charge on any atom is -0.462 e. The van der Waals surface area contributed by atoms with Crippen LogP contribution in [0.3, 0.4) is 0 Å². The highest BCUT2D eigenvalue weighted by Crippen LogP contribution is 2.34. The SMILES string of the molecule is CCOC(=O)c1c(C(F)(F)F)nn(CC(C)C)c1N. The minimum absolute atomic E-state index is 0.0368. The Hall–Kier alpha value is -1.73. The van der Waals surface area contributed by atoms with Crippen LogP contribution in [0.25, 0.3) is 0 Å². The summed E-state index contributed by atoms with van der Waals surface area (Å²) in [5.74, 6) is -1.39. The van der Waals surface area contributed by atoms with Gasteiger partial charge in [-0.2, -0.15) is 18.3 Å². The van der Waals surface area contributed by atoms with Gasteiger partial charge in [-0.25, -0.2) is 9.48 Å². The molecule has 0 atom stereocenters. The monoisotopic (exact) mass is 279 g/mol. The van der Waals surface area contributed by atoms with Crippen molar-refractivity contribution in [2.24, 2.45) is 5.92 Å². The fourth-order valence-electron chi connectivity index (χ4n) is 1.56. The molecular formula is C11H16F3N3O2. The van der Waals surface area contributed by atoms with Gasteiger partial charge in [-0.05, 0) is 12.8 Å². The lowest BCUT2D eigenvalue weighted by Crippen LogP contribution is -2.15. The van der Waals surface area contributed by atoms with E-state index in [1.165, 1.54) is 6.92 Å². The van der Waals surface area contributed by atoms with Crippen molar-refractivity contribution in [3.63, 3.8) is 0 Å². The second-order valence-corrected chi connectivity index (χ2v) is 4.40. The van der Waals surface area contributed by atoms with Gasteiger partial charge in [0.15, 0.2) is 5.69 Å². The Morgan fingerprint density at radius 1 is 1.47 bits per heavy atom. The molecule has 0 spiro atoms. The van der Waals surface area contributed by atoms with E-state index < -0.39 is 23.4 Å². The number of esters is 1. The number of rotatable bonds is 4. The molecule has 0 aliphatic carbocycles. The lowest BCUT2D eigenvalue weighted by Gasteiger charge is -2.07. The molecular weight excluding hydrogens is 263 g/mol. The Morgan fingerprint density at radius 3 is 2.47 bits per heavy atom. The number of nitrogens with zero attached hydrogens (tertiary/aromatic N) is 2. The van der Waals surface area contributed by atoms with Gasteiger partial charge in [0.05, 0.1) is 6.61 Å². The van der Waals surface area contributed by atoms with Crippen LogP contribution in [-0.2, 0) is 17.5 Å². The van der Waals surface area contributed by atoms with Gasteiger partial charge >= 0.3 is 12.1 Å². The first-order valence-electron chi connectivity index (χ1n) is 5.79. The number of hydrogen-bond acceptors (Lipinski definition) is 4. The molecule has 5 nitrogen and oxygen atoms in total. The van der Waals surface area contributed by atoms with Crippen LogP contribution in [0.4, 0.5) is 19.0 Å². The van der Waals surface area contributed by atoms with E-state index in [9.17, 15) is 18.0 Å². The number of aromatic nitrogens is 2. The third-order valence-electron chi connectivity index (χ3n) is 2.28. The number of carbonyl (C=O) groups excluding carboxylic acids is 1. The van der Waals surface area contributed by atoms with E-state index in [0.29, 0.717) is 0 Å². The molecule has 0 aliphatic rings. The maximum atomic E-state index is 12.8. The molecule has 0 saturated carbocycles. The van der Waals surface area contributed by atoms with Crippen molar-refractivity contribution in [2.75, 3.05) is 12.3 Å². The summed E-state index contributed by atoms with van der Waals surface area (Å²) < 4.78 is 44.1. The van der Waals surface area contributed by atoms with Crippen LogP contribution in [0, 0.1) is 5.92 Å². The molecule has 19 heavy (non-hydrogen) atoms. The van der Waals surface area contributed by atoms with Crippen molar-refractivity contribution in [2.45, 2.75) is 33.5 Å². The highest BCUT2D eigenvalue weighted by atomic mass is 19.4. The Morgan fingerprint density at radius 2 is 2.05 bits per heavy atom. The van der Waals surface area contributed by atoms with Crippen LogP contribution in [0.2, 0.25) is 0 Å². The van der Waals surface area contributed by atoms with Crippen LogP contribution >= 0.6 is 0 Å². The molecule has 0 bridgehead atoms. The van der Waals surface area contributed by atoms with Gasteiger partial charge in [-0.3, -0.25) is 0 Å². The van der Waals surface area contributed by atoms with Crippen LogP contribution < -0.4 is 5.73 Å². The Kier molecular flexibility index (Phi) is 4.43. The fourth-order valence-corrected chi connectivity index (χ4v) is 1.56. The van der Waals surface area contributed by atoms with Crippen molar-refractivity contribution in [3.05, 3.63) is 11.3 Å². The predicted octanol–water partition coefficient (Wildman–Crippen LogP) is 2.32. The summed E-state index contributed by atoms with van der Waals surface area (Å²) in [6.45, 7) is 5.26. The van der Waals surface area contributed by atoms with Crippen molar-refractivity contribution in [1.29, 1.82) is 0 Å². The van der Waals surface area contributed by atoms with Crippen LogP contribution in [-0.4, -0.2) is 22.4 Å². The van der Waals surface area contributed by atoms with Crippen LogP contribution in [0.5, 0.6) is 0 Å². The normalized spacial score (nSPS) is 11.9. The topological polar surface area (TPSA) is 70.1 Å². The van der Waals surface area contributed by atoms with E-state index in [1.54, 1.807) is 13.8 Å². The summed E-state index contributed by atoms with van der Waals surface area (Å²) in [5, 5.41) is 3.39. The third kappa shape index (κ3) is 3.39. The van der Waals surface area contributed by atoms with Gasteiger partial charge in [0.1, 0.15) is 11.4 Å². The largest absolute Gasteiger partial charge is 0.462 e. The first kappa shape index (κ1) is 15.3. The average molecular weight is 279 g/mol. The zero-order valence-electron chi connectivity index (χ0n) is 10.9. The molecule has 1 heterocycles. The first-order valence-corrected chi connectivity index (χ1v) is 5.79. The second-order valence-electron chi connectivity index (χ2n) is 4.40. The van der Waals surface area contributed by atoms with Crippen molar-refractivity contribution in [1.82, 2.24) is 9.78 Å². The van der Waals surface area contributed by atoms with E-state index in [1.807, 2.05) is 0 Å². The maximum absolute atomic E-state index is 12.8. The van der Waals surface area contributed by atoms with Gasteiger partial charge in [0.25, 0.3) is 0 Å². The predicted molar refractivity (Wildman–Crippen MR) is 62.4 cm³/mol. The number of carbonyl (C=O) groups is 1.